The predicted octanol–water partition coefficient (Wildman–Crippen LogP) is 8.26. The molecule has 20 heteroatoms. The third-order valence-electron chi connectivity index (χ3n) is 13.3. The maximum Gasteiger partial charge on any atom is 0.333 e. The van der Waals surface area contributed by atoms with Crippen molar-refractivity contribution < 1.29 is 69.2 Å². The number of hydroxylamine groups is 2. The Morgan fingerprint density at radius 2 is 1.46 bits per heavy atom. The summed E-state index contributed by atoms with van der Waals surface area (Å²) in [4.78, 5) is 45.9. The summed E-state index contributed by atoms with van der Waals surface area (Å²) in [6.45, 7) is 16.2. The number of carbonyl (C=O) groups is 3. The molecule has 3 aliphatic heterocycles. The van der Waals surface area contributed by atoms with Crippen LogP contribution in [-0.4, -0.2) is 132 Å². The number of benzene rings is 3. The Labute approximate surface area is 446 Å². The quantitative estimate of drug-likeness (QED) is 0.0268. The van der Waals surface area contributed by atoms with Gasteiger partial charge < -0.3 is 38.7 Å². The molecule has 0 bridgehead atoms. The highest BCUT2D eigenvalue weighted by atomic mass is 32.2. The molecule has 0 radical (unpaired) electrons. The summed E-state index contributed by atoms with van der Waals surface area (Å²) in [5, 5.41) is 12.4. The van der Waals surface area contributed by atoms with Crippen molar-refractivity contribution in [2.24, 2.45) is 0 Å². The van der Waals surface area contributed by atoms with Crippen LogP contribution in [-0.2, 0) is 63.8 Å². The minimum atomic E-state index is -4.68. The summed E-state index contributed by atoms with van der Waals surface area (Å²) in [7, 11) is -7.41. The molecule has 18 nitrogen and oxygen atoms in total. The minimum absolute atomic E-state index is 0.0243. The van der Waals surface area contributed by atoms with Gasteiger partial charge in [0.25, 0.3) is 32.1 Å². The normalized spacial score (nSPS) is 18.3. The molecule has 0 aliphatic carbocycles. The molecule has 0 aromatic heterocycles. The van der Waals surface area contributed by atoms with Crippen molar-refractivity contribution in [1.82, 2.24) is 5.06 Å². The van der Waals surface area contributed by atoms with Gasteiger partial charge in [-0.2, -0.15) is 16.8 Å². The molecule has 76 heavy (non-hydrogen) atoms. The van der Waals surface area contributed by atoms with Crippen LogP contribution in [0.5, 0.6) is 5.75 Å². The van der Waals surface area contributed by atoms with E-state index in [2.05, 4.69) is 31.4 Å². The van der Waals surface area contributed by atoms with Crippen LogP contribution in [0.15, 0.2) is 120 Å². The third kappa shape index (κ3) is 15.5. The number of amides is 2. The standard InChI is InChI=1S/C56H69N3O15S2/c1-40(42-15-9-7-10-16-42)35-43(46-37-45-41(2)39-55(3,4)58(49(45)38-50(46)60)26-27-71-30-31-73-33-32-72-29-28-70-6)17-11-8-12-18-51-56(5,24-13-19-54(63)74-59-52(61)22-23-53(59)62)47-36-44(76(67,68)69)20-21-48(47)57(51)25-14-34-75(64,65)66/h7-12,15-18,20-21,35-39,60H,1,13-14,19,22-34H2,2-6H3,(H,64,65,66)(H,67,68,69)/b12-8+,17-11+,43-35-,51-18+. The molecule has 3 aliphatic rings. The van der Waals surface area contributed by atoms with Gasteiger partial charge in [0.1, 0.15) is 5.75 Å². The summed E-state index contributed by atoms with van der Waals surface area (Å²) in [5.41, 5.74) is 5.56. The molecule has 1 unspecified atom stereocenters. The van der Waals surface area contributed by atoms with Gasteiger partial charge >= 0.3 is 5.97 Å². The number of rotatable bonds is 28. The molecular formula is C56H69N3O15S2. The fourth-order valence-electron chi connectivity index (χ4n) is 9.59. The number of carbonyl (C=O) groups excluding carboxylic acids is 3. The summed E-state index contributed by atoms with van der Waals surface area (Å²) < 4.78 is 90.4. The Morgan fingerprint density at radius 3 is 2.11 bits per heavy atom. The molecule has 0 saturated carbocycles. The van der Waals surface area contributed by atoms with Crippen LogP contribution in [0.3, 0.4) is 0 Å². The molecule has 1 saturated heterocycles. The van der Waals surface area contributed by atoms with Crippen LogP contribution in [0.4, 0.5) is 11.4 Å². The number of anilines is 2. The second-order valence-corrected chi connectivity index (χ2v) is 22.3. The van der Waals surface area contributed by atoms with Crippen molar-refractivity contribution in [2.75, 3.05) is 82.0 Å². The topological polar surface area (TPSA) is 236 Å². The van der Waals surface area contributed by atoms with Crippen molar-refractivity contribution in [3.8, 4) is 5.75 Å². The van der Waals surface area contributed by atoms with Crippen molar-refractivity contribution >= 4 is 66.1 Å². The van der Waals surface area contributed by atoms with Crippen molar-refractivity contribution in [3.63, 3.8) is 0 Å². The van der Waals surface area contributed by atoms with Gasteiger partial charge in [-0.05, 0) is 111 Å². The summed E-state index contributed by atoms with van der Waals surface area (Å²) in [6.07, 6.45) is 12.9. The fourth-order valence-corrected chi connectivity index (χ4v) is 10.6. The van der Waals surface area contributed by atoms with E-state index >= 15 is 0 Å². The molecule has 1 fully saturated rings. The van der Waals surface area contributed by atoms with E-state index in [9.17, 15) is 45.4 Å². The lowest BCUT2D eigenvalue weighted by Crippen LogP contribution is -2.46. The van der Waals surface area contributed by atoms with E-state index in [1.165, 1.54) is 18.2 Å². The lowest BCUT2D eigenvalue weighted by Gasteiger charge is -2.43. The van der Waals surface area contributed by atoms with Gasteiger partial charge in [0.2, 0.25) is 0 Å². The molecule has 6 rings (SSSR count). The molecule has 410 valence electrons. The second-order valence-electron chi connectivity index (χ2n) is 19.3. The number of phenols is 1. The highest BCUT2D eigenvalue weighted by molar-refractivity contribution is 7.86. The first-order chi connectivity index (χ1) is 36.0. The Kier molecular flexibility index (Phi) is 20.4. The Balaban J connectivity index is 1.31. The van der Waals surface area contributed by atoms with Gasteiger partial charge in [0.15, 0.2) is 0 Å². The van der Waals surface area contributed by atoms with Crippen molar-refractivity contribution in [1.29, 1.82) is 0 Å². The smallest absolute Gasteiger partial charge is 0.333 e. The van der Waals surface area contributed by atoms with Crippen LogP contribution >= 0.6 is 0 Å². The van der Waals surface area contributed by atoms with Gasteiger partial charge in [0.05, 0.1) is 62.4 Å². The van der Waals surface area contributed by atoms with E-state index < -0.39 is 54.7 Å². The maximum absolute atomic E-state index is 12.9. The zero-order valence-electron chi connectivity index (χ0n) is 43.7. The van der Waals surface area contributed by atoms with Crippen molar-refractivity contribution in [3.05, 3.63) is 138 Å². The first kappa shape index (κ1) is 59.0. The Morgan fingerprint density at radius 1 is 0.803 bits per heavy atom. The first-order valence-electron chi connectivity index (χ1n) is 25.0. The second kappa shape index (κ2) is 26.2. The summed E-state index contributed by atoms with van der Waals surface area (Å²) in [6, 6.07) is 17.4. The number of fused-ring (bicyclic) bond motifs is 2. The van der Waals surface area contributed by atoms with E-state index in [0.717, 1.165) is 22.4 Å². The first-order valence-corrected chi connectivity index (χ1v) is 28.1. The zero-order valence-corrected chi connectivity index (χ0v) is 45.4. The number of imide groups is 1. The number of phenolic OH excluding ortho intramolecular Hbond substituents is 1. The monoisotopic (exact) mass is 1090 g/mol. The number of allylic oxidation sites excluding steroid dienone is 10. The largest absolute Gasteiger partial charge is 0.507 e. The number of ether oxygens (including phenoxy) is 4. The Hall–Kier alpha value is -6.23. The van der Waals surface area contributed by atoms with Crippen LogP contribution in [0.2, 0.25) is 0 Å². The molecule has 3 aromatic carbocycles. The third-order valence-corrected chi connectivity index (χ3v) is 15.0. The van der Waals surface area contributed by atoms with E-state index in [4.69, 9.17) is 23.8 Å². The summed E-state index contributed by atoms with van der Waals surface area (Å²) in [5.74, 6) is -2.61. The van der Waals surface area contributed by atoms with Gasteiger partial charge in [0, 0.05) is 79.1 Å². The molecule has 1 atom stereocenters. The zero-order chi connectivity index (χ0) is 55.3. The lowest BCUT2D eigenvalue weighted by atomic mass is 9.77. The van der Waals surface area contributed by atoms with Crippen LogP contribution in [0.25, 0.3) is 16.7 Å². The highest BCUT2D eigenvalue weighted by Gasteiger charge is 2.44. The number of nitrogens with zero attached hydrogens (tertiary/aromatic N) is 3. The molecule has 0 spiro atoms. The number of hydrogen-bond acceptors (Lipinski definition) is 15. The number of aromatic hydroxyl groups is 1. The molecule has 2 amide bonds. The van der Waals surface area contributed by atoms with Gasteiger partial charge in [-0.25, -0.2) is 4.79 Å². The minimum Gasteiger partial charge on any atom is -0.507 e. The van der Waals surface area contributed by atoms with Gasteiger partial charge in [-0.1, -0.05) is 67.3 Å². The fraction of sp³-hybridized carbons (Fsp3) is 0.411. The Bertz CT molecular complexity index is 2980. The van der Waals surface area contributed by atoms with Crippen LogP contribution < -0.4 is 9.80 Å². The number of methoxy groups -OCH3 is 1. The molecule has 3 heterocycles. The van der Waals surface area contributed by atoms with Crippen LogP contribution in [0.1, 0.15) is 88.5 Å². The van der Waals surface area contributed by atoms with Gasteiger partial charge in [-0.15, -0.1) is 5.06 Å². The summed E-state index contributed by atoms with van der Waals surface area (Å²) >= 11 is 0. The van der Waals surface area contributed by atoms with E-state index in [1.54, 1.807) is 42.4 Å². The van der Waals surface area contributed by atoms with Crippen molar-refractivity contribution in [2.45, 2.75) is 82.1 Å². The molecule has 3 aromatic rings. The lowest BCUT2D eigenvalue weighted by molar-refractivity contribution is -0.197. The van der Waals surface area contributed by atoms with Gasteiger partial charge in [-0.3, -0.25) is 18.7 Å². The maximum atomic E-state index is 12.9. The number of hydrogen-bond donors (Lipinski definition) is 3. The van der Waals surface area contributed by atoms with E-state index in [-0.39, 0.29) is 55.7 Å². The van der Waals surface area contributed by atoms with Crippen LogP contribution in [0, 0.1) is 0 Å². The average molecular weight is 1090 g/mol. The average Bonchev–Trinajstić information content (AvgIpc) is 3.79. The molecule has 3 N–H and O–H groups in total. The van der Waals surface area contributed by atoms with E-state index in [1.807, 2.05) is 62.4 Å². The SMILES string of the molecule is C=C(/C=C(/C=C/C=C/C=C1/N(CCCS(=O)(=O)O)c2ccc(S(=O)(=O)O)cc2C1(C)CCCC(=O)ON1C(=O)CCC1=O)c1cc2c(cc1O)N(CCOCCOCCOCCOC)C(C)(C)C=C2C)c1ccccc1. The predicted molar refractivity (Wildman–Crippen MR) is 290 cm³/mol. The highest BCUT2D eigenvalue weighted by Crippen LogP contribution is 2.51. The van der Waals surface area contributed by atoms with E-state index in [0.29, 0.717) is 91.5 Å². The molecular weight excluding hydrogens is 1020 g/mol.